The van der Waals surface area contributed by atoms with Crippen molar-refractivity contribution in [1.29, 1.82) is 0 Å². The average Bonchev–Trinajstić information content (AvgIpc) is 2.65. The molecule has 2 aliphatic carbocycles. The van der Waals surface area contributed by atoms with Crippen LogP contribution in [0.4, 0.5) is 0 Å². The third-order valence-corrected chi connectivity index (χ3v) is 3.51. The summed E-state index contributed by atoms with van der Waals surface area (Å²) in [6, 6.07) is 0. The van der Waals surface area contributed by atoms with Crippen molar-refractivity contribution < 1.29 is 14.2 Å². The van der Waals surface area contributed by atoms with Crippen LogP contribution in [0.2, 0.25) is 0 Å². The van der Waals surface area contributed by atoms with Crippen molar-refractivity contribution in [1.82, 2.24) is 0 Å². The smallest absolute Gasteiger partial charge is 0.188 e. The highest BCUT2D eigenvalue weighted by molar-refractivity contribution is 5.37. The Labute approximate surface area is 83.3 Å². The fourth-order valence-corrected chi connectivity index (χ4v) is 2.68. The molecule has 0 amide bonds. The van der Waals surface area contributed by atoms with Gasteiger partial charge in [0.1, 0.15) is 5.76 Å². The molecule has 1 aliphatic heterocycles. The minimum absolute atomic E-state index is 0.276. The highest BCUT2D eigenvalue weighted by atomic mass is 16.7. The second-order valence-corrected chi connectivity index (χ2v) is 4.22. The van der Waals surface area contributed by atoms with E-state index in [4.69, 9.17) is 14.2 Å². The van der Waals surface area contributed by atoms with Crippen molar-refractivity contribution in [2.75, 3.05) is 27.1 Å². The van der Waals surface area contributed by atoms with E-state index < -0.39 is 0 Å². The van der Waals surface area contributed by atoms with Crippen molar-refractivity contribution in [2.24, 2.45) is 17.3 Å². The first kappa shape index (κ1) is 8.50. The van der Waals surface area contributed by atoms with Gasteiger partial charge in [0.25, 0.3) is 0 Å². The van der Waals surface area contributed by atoms with Gasteiger partial charge in [-0.25, -0.2) is 0 Å². The fourth-order valence-electron chi connectivity index (χ4n) is 2.68. The average molecular weight is 194 g/mol. The zero-order valence-electron chi connectivity index (χ0n) is 8.23. The number of ether oxygens (including phenoxy) is 3. The van der Waals surface area contributed by atoms with E-state index in [0.717, 1.165) is 19.0 Å². The van der Waals surface area contributed by atoms with Crippen LogP contribution in [0.1, 0.15) is 0 Å². The molecule has 1 saturated heterocycles. The summed E-state index contributed by atoms with van der Waals surface area (Å²) >= 11 is 0. The summed E-state index contributed by atoms with van der Waals surface area (Å²) in [5.74, 6) is 2.32. The Bertz CT molecular complexity index is 308. The van der Waals surface area contributed by atoms with E-state index in [-0.39, 0.29) is 5.41 Å². The molecule has 3 unspecified atom stereocenters. The van der Waals surface area contributed by atoms with Gasteiger partial charge in [-0.05, 0) is 18.1 Å². The quantitative estimate of drug-likeness (QED) is 0.634. The van der Waals surface area contributed by atoms with E-state index >= 15 is 0 Å². The zero-order chi connectivity index (χ0) is 9.60. The lowest BCUT2D eigenvalue weighted by molar-refractivity contribution is 0.00847. The first-order valence-electron chi connectivity index (χ1n) is 4.97. The van der Waals surface area contributed by atoms with Gasteiger partial charge in [0.15, 0.2) is 6.79 Å². The highest BCUT2D eigenvalue weighted by Crippen LogP contribution is 2.65. The van der Waals surface area contributed by atoms with Gasteiger partial charge in [0.05, 0.1) is 13.2 Å². The molecule has 3 aliphatic rings. The molecular formula is C11H14O3. The molecular weight excluding hydrogens is 180 g/mol. The van der Waals surface area contributed by atoms with Crippen molar-refractivity contribution in [2.45, 2.75) is 0 Å². The summed E-state index contributed by atoms with van der Waals surface area (Å²) in [6.45, 7) is 2.08. The van der Waals surface area contributed by atoms with Gasteiger partial charge in [0.2, 0.25) is 0 Å². The highest BCUT2D eigenvalue weighted by Gasteiger charge is 2.66. The second-order valence-electron chi connectivity index (χ2n) is 4.22. The van der Waals surface area contributed by atoms with E-state index in [1.165, 1.54) is 0 Å². The van der Waals surface area contributed by atoms with Crippen LogP contribution in [-0.2, 0) is 14.2 Å². The van der Waals surface area contributed by atoms with E-state index in [0.29, 0.717) is 18.6 Å². The SMILES string of the molecule is COCOC1=CC23COCC2C3C=C1. The molecule has 3 nitrogen and oxygen atoms in total. The Balaban J connectivity index is 1.76. The van der Waals surface area contributed by atoms with Crippen LogP contribution in [0.5, 0.6) is 0 Å². The predicted octanol–water partition coefficient (Wildman–Crippen LogP) is 1.32. The Morgan fingerprint density at radius 3 is 3.43 bits per heavy atom. The van der Waals surface area contributed by atoms with Gasteiger partial charge in [-0.3, -0.25) is 0 Å². The van der Waals surface area contributed by atoms with Crippen LogP contribution in [-0.4, -0.2) is 27.1 Å². The maximum atomic E-state index is 5.45. The Hall–Kier alpha value is -0.800. The summed E-state index contributed by atoms with van der Waals surface area (Å²) < 4.78 is 15.8. The normalized spacial score (nSPS) is 42.8. The molecule has 1 heterocycles. The fraction of sp³-hybridized carbons (Fsp3) is 0.636. The number of allylic oxidation sites excluding steroid dienone is 2. The molecule has 0 aromatic heterocycles. The molecule has 1 spiro atoms. The Morgan fingerprint density at radius 2 is 2.57 bits per heavy atom. The second kappa shape index (κ2) is 2.84. The van der Waals surface area contributed by atoms with Crippen molar-refractivity contribution in [3.8, 4) is 0 Å². The molecule has 14 heavy (non-hydrogen) atoms. The molecule has 3 atom stereocenters. The van der Waals surface area contributed by atoms with E-state index in [1.54, 1.807) is 7.11 Å². The lowest BCUT2D eigenvalue weighted by atomic mass is 9.99. The summed E-state index contributed by atoms with van der Waals surface area (Å²) in [5.41, 5.74) is 0.276. The summed E-state index contributed by atoms with van der Waals surface area (Å²) in [6.07, 6.45) is 6.51. The van der Waals surface area contributed by atoms with E-state index in [1.807, 2.05) is 6.08 Å². The summed E-state index contributed by atoms with van der Waals surface area (Å²) in [7, 11) is 1.63. The number of methoxy groups -OCH3 is 1. The van der Waals surface area contributed by atoms with Gasteiger partial charge < -0.3 is 14.2 Å². The molecule has 3 heteroatoms. The Morgan fingerprint density at radius 1 is 1.64 bits per heavy atom. The number of hydrogen-bond donors (Lipinski definition) is 0. The molecule has 0 aromatic rings. The molecule has 1 saturated carbocycles. The monoisotopic (exact) mass is 194 g/mol. The van der Waals surface area contributed by atoms with Crippen LogP contribution in [0, 0.1) is 17.3 Å². The lowest BCUT2D eigenvalue weighted by Crippen LogP contribution is -2.10. The largest absolute Gasteiger partial charge is 0.468 e. The number of rotatable bonds is 3. The summed E-state index contributed by atoms with van der Waals surface area (Å²) in [4.78, 5) is 0. The standard InChI is InChI=1S/C11H14O3/c1-12-7-14-8-2-3-9-10-5-13-6-11(9,10)4-8/h2-4,9-10H,5-7H2,1H3. The van der Waals surface area contributed by atoms with E-state index in [9.17, 15) is 0 Å². The van der Waals surface area contributed by atoms with Crippen LogP contribution < -0.4 is 0 Å². The van der Waals surface area contributed by atoms with Crippen LogP contribution in [0.15, 0.2) is 24.0 Å². The van der Waals surface area contributed by atoms with Gasteiger partial charge in [-0.2, -0.15) is 0 Å². The lowest BCUT2D eigenvalue weighted by Gasteiger charge is -2.15. The molecule has 2 fully saturated rings. The number of hydrogen-bond acceptors (Lipinski definition) is 3. The van der Waals surface area contributed by atoms with Crippen molar-refractivity contribution in [3.63, 3.8) is 0 Å². The van der Waals surface area contributed by atoms with Crippen LogP contribution in [0.3, 0.4) is 0 Å². The minimum atomic E-state index is 0.276. The molecule has 0 aromatic carbocycles. The summed E-state index contributed by atoms with van der Waals surface area (Å²) in [5, 5.41) is 0. The van der Waals surface area contributed by atoms with Crippen LogP contribution in [0.25, 0.3) is 0 Å². The topological polar surface area (TPSA) is 27.7 Å². The van der Waals surface area contributed by atoms with E-state index in [2.05, 4.69) is 12.2 Å². The molecule has 3 rings (SSSR count). The van der Waals surface area contributed by atoms with Gasteiger partial charge in [-0.15, -0.1) is 0 Å². The molecule has 0 bridgehead atoms. The van der Waals surface area contributed by atoms with Gasteiger partial charge in [-0.1, -0.05) is 6.08 Å². The predicted molar refractivity (Wildman–Crippen MR) is 50.4 cm³/mol. The third-order valence-electron chi connectivity index (χ3n) is 3.51. The third kappa shape index (κ3) is 0.996. The maximum Gasteiger partial charge on any atom is 0.188 e. The van der Waals surface area contributed by atoms with Crippen molar-refractivity contribution in [3.05, 3.63) is 24.0 Å². The van der Waals surface area contributed by atoms with Gasteiger partial charge >= 0.3 is 0 Å². The van der Waals surface area contributed by atoms with Crippen molar-refractivity contribution >= 4 is 0 Å². The first-order chi connectivity index (χ1) is 6.87. The first-order valence-corrected chi connectivity index (χ1v) is 4.97. The molecule has 0 radical (unpaired) electrons. The van der Waals surface area contributed by atoms with Gasteiger partial charge in [0, 0.05) is 18.4 Å². The zero-order valence-corrected chi connectivity index (χ0v) is 8.23. The number of fused-ring (bicyclic) bond motifs is 1. The minimum Gasteiger partial charge on any atom is -0.468 e. The molecule has 76 valence electrons. The maximum absolute atomic E-state index is 5.45. The Kier molecular flexibility index (Phi) is 1.73. The molecule has 0 N–H and O–H groups in total. The van der Waals surface area contributed by atoms with Crippen LogP contribution >= 0.6 is 0 Å².